The third kappa shape index (κ3) is 1.47. The van der Waals surface area contributed by atoms with Crippen LogP contribution in [0.2, 0.25) is 0 Å². The predicted octanol–water partition coefficient (Wildman–Crippen LogP) is 1.68. The average Bonchev–Trinajstić information content (AvgIpc) is 2.12. The maximum absolute atomic E-state index is 11.6. The number of hydrogen-bond donors (Lipinski definition) is 0. The summed E-state index contributed by atoms with van der Waals surface area (Å²) in [6, 6.07) is 0. The maximum atomic E-state index is 11.6. The largest absolute Gasteiger partial charge is 0.449 e. The Hall–Kier alpha value is -0.320. The molecule has 2 bridgehead atoms. The highest BCUT2D eigenvalue weighted by Crippen LogP contribution is 2.45. The third-order valence-electron chi connectivity index (χ3n) is 2.67. The van der Waals surface area contributed by atoms with Crippen molar-refractivity contribution >= 4 is 34.3 Å². The van der Waals surface area contributed by atoms with Crippen molar-refractivity contribution in [3.05, 3.63) is 0 Å². The van der Waals surface area contributed by atoms with Crippen LogP contribution in [0.15, 0.2) is 4.99 Å². The Morgan fingerprint density at radius 3 is 3.00 bits per heavy atom. The zero-order valence-corrected chi connectivity index (χ0v) is 9.93. The summed E-state index contributed by atoms with van der Waals surface area (Å²) in [5.41, 5.74) is -0.880. The van der Waals surface area contributed by atoms with Crippen LogP contribution in [0.25, 0.3) is 0 Å². The number of rotatable bonds is 2. The first-order valence-corrected chi connectivity index (χ1v) is 5.48. The smallest absolute Gasteiger partial charge is 0.353 e. The summed E-state index contributed by atoms with van der Waals surface area (Å²) in [4.78, 5) is 14.1. The van der Waals surface area contributed by atoms with Crippen LogP contribution in [-0.2, 0) is 14.3 Å². The monoisotopic (exact) mass is 251 g/mol. The van der Waals surface area contributed by atoms with Gasteiger partial charge in [-0.05, 0) is 13.8 Å². The molecule has 0 aromatic rings. The first kappa shape index (κ1) is 11.2. The number of alkyl halides is 1. The van der Waals surface area contributed by atoms with Crippen molar-refractivity contribution in [3.63, 3.8) is 0 Å². The number of ether oxygens (including phenoxy) is 2. The summed E-state index contributed by atoms with van der Waals surface area (Å²) >= 11 is 12.0. The van der Waals surface area contributed by atoms with Crippen LogP contribution < -0.4 is 0 Å². The molecule has 3 aliphatic heterocycles. The van der Waals surface area contributed by atoms with Crippen molar-refractivity contribution < 1.29 is 14.3 Å². The molecular formula is C9H11Cl2NO3. The third-order valence-corrected chi connectivity index (χ3v) is 3.64. The summed E-state index contributed by atoms with van der Waals surface area (Å²) < 4.78 is 10.6. The van der Waals surface area contributed by atoms with E-state index in [1.54, 1.807) is 6.92 Å². The Bertz CT molecular complexity index is 346. The molecule has 0 radical (unpaired) electrons. The number of hydrogen-bond acceptors (Lipinski definition) is 4. The number of esters is 1. The van der Waals surface area contributed by atoms with Crippen LogP contribution in [0, 0.1) is 0 Å². The molecule has 3 rings (SSSR count). The van der Waals surface area contributed by atoms with E-state index in [1.165, 1.54) is 0 Å². The van der Waals surface area contributed by atoms with E-state index in [4.69, 9.17) is 32.7 Å². The van der Waals surface area contributed by atoms with Gasteiger partial charge in [0, 0.05) is 13.0 Å². The van der Waals surface area contributed by atoms with Gasteiger partial charge in [-0.2, -0.15) is 0 Å². The lowest BCUT2D eigenvalue weighted by molar-refractivity contribution is -0.178. The second kappa shape index (κ2) is 3.34. The van der Waals surface area contributed by atoms with Gasteiger partial charge in [0.05, 0.1) is 0 Å². The molecule has 4 nitrogen and oxygen atoms in total. The minimum Gasteiger partial charge on any atom is -0.449 e. The van der Waals surface area contributed by atoms with Crippen molar-refractivity contribution in [2.75, 3.05) is 6.61 Å². The number of nitrogens with zero attached hydrogens (tertiary/aromatic N) is 1. The Labute approximate surface area is 97.5 Å². The second-order valence-corrected chi connectivity index (χ2v) is 4.78. The van der Waals surface area contributed by atoms with Crippen LogP contribution in [-0.4, -0.2) is 34.5 Å². The Morgan fingerprint density at radius 2 is 2.40 bits per heavy atom. The van der Waals surface area contributed by atoms with E-state index < -0.39 is 22.7 Å². The molecule has 0 aliphatic carbocycles. The molecule has 3 heterocycles. The average molecular weight is 252 g/mol. The first-order valence-electron chi connectivity index (χ1n) is 4.72. The van der Waals surface area contributed by atoms with Gasteiger partial charge in [-0.3, -0.25) is 0 Å². The Morgan fingerprint density at radius 1 is 1.73 bits per heavy atom. The van der Waals surface area contributed by atoms with E-state index in [0.717, 1.165) is 0 Å². The predicted molar refractivity (Wildman–Crippen MR) is 56.4 cm³/mol. The molecule has 1 saturated heterocycles. The molecule has 3 atom stereocenters. The van der Waals surface area contributed by atoms with Gasteiger partial charge in [-0.1, -0.05) is 23.2 Å². The lowest BCUT2D eigenvalue weighted by Gasteiger charge is -2.47. The van der Waals surface area contributed by atoms with Gasteiger partial charge in [-0.25, -0.2) is 9.79 Å². The molecular weight excluding hydrogens is 241 g/mol. The van der Waals surface area contributed by atoms with Crippen molar-refractivity contribution in [3.8, 4) is 0 Å². The van der Waals surface area contributed by atoms with Crippen molar-refractivity contribution in [2.45, 2.75) is 37.0 Å². The summed E-state index contributed by atoms with van der Waals surface area (Å²) in [7, 11) is 0. The highest BCUT2D eigenvalue weighted by Gasteiger charge is 2.61. The van der Waals surface area contributed by atoms with E-state index in [1.807, 2.05) is 6.92 Å². The fraction of sp³-hybridized carbons (Fsp3) is 0.778. The van der Waals surface area contributed by atoms with E-state index in [0.29, 0.717) is 13.0 Å². The Balaban J connectivity index is 2.41. The SMILES string of the molecule is CCO[C@@H]1C[C@@]2(C)OC(=O)[C@]1(Cl)N=C2Cl. The van der Waals surface area contributed by atoms with Crippen LogP contribution in [0.3, 0.4) is 0 Å². The molecule has 0 N–H and O–H groups in total. The molecule has 0 saturated carbocycles. The normalized spacial score (nSPS) is 43.9. The minimum atomic E-state index is -1.50. The van der Waals surface area contributed by atoms with Gasteiger partial charge in [0.15, 0.2) is 5.60 Å². The Kier molecular flexibility index (Phi) is 2.48. The van der Waals surface area contributed by atoms with Gasteiger partial charge >= 0.3 is 5.97 Å². The minimum absolute atomic E-state index is 0.230. The molecule has 0 amide bonds. The fourth-order valence-electron chi connectivity index (χ4n) is 1.81. The molecule has 0 aromatic heterocycles. The molecule has 0 aromatic carbocycles. The van der Waals surface area contributed by atoms with Crippen molar-refractivity contribution in [1.82, 2.24) is 0 Å². The van der Waals surface area contributed by atoms with Gasteiger partial charge < -0.3 is 9.47 Å². The van der Waals surface area contributed by atoms with E-state index in [-0.39, 0.29) is 5.17 Å². The molecule has 0 spiro atoms. The van der Waals surface area contributed by atoms with E-state index in [9.17, 15) is 4.79 Å². The van der Waals surface area contributed by atoms with Crippen LogP contribution in [0.4, 0.5) is 0 Å². The zero-order chi connectivity index (χ0) is 11.3. The van der Waals surface area contributed by atoms with Gasteiger partial charge in [-0.15, -0.1) is 0 Å². The second-order valence-electron chi connectivity index (χ2n) is 3.84. The summed E-state index contributed by atoms with van der Waals surface area (Å²) in [5.74, 6) is -0.583. The molecule has 6 heteroatoms. The number of halogens is 2. The molecule has 0 unspecified atom stereocenters. The van der Waals surface area contributed by atoms with Gasteiger partial charge in [0.2, 0.25) is 0 Å². The zero-order valence-electron chi connectivity index (χ0n) is 8.42. The van der Waals surface area contributed by atoms with Crippen LogP contribution in [0.1, 0.15) is 20.3 Å². The molecule has 84 valence electrons. The van der Waals surface area contributed by atoms with Crippen molar-refractivity contribution in [2.24, 2.45) is 4.99 Å². The summed E-state index contributed by atoms with van der Waals surface area (Å²) in [6.07, 6.45) is -0.0313. The fourth-order valence-corrected chi connectivity index (χ4v) is 2.37. The van der Waals surface area contributed by atoms with Crippen molar-refractivity contribution in [1.29, 1.82) is 0 Å². The highest BCUT2D eigenvalue weighted by molar-refractivity contribution is 6.68. The lowest BCUT2D eigenvalue weighted by Crippen LogP contribution is -2.63. The number of carbonyl (C=O) groups excluding carboxylic acids is 1. The lowest BCUT2D eigenvalue weighted by atomic mass is 9.88. The van der Waals surface area contributed by atoms with Gasteiger partial charge in [0.25, 0.3) is 5.00 Å². The van der Waals surface area contributed by atoms with Gasteiger partial charge in [0.1, 0.15) is 11.3 Å². The topological polar surface area (TPSA) is 47.9 Å². The van der Waals surface area contributed by atoms with Crippen LogP contribution in [0.5, 0.6) is 0 Å². The first-order chi connectivity index (χ1) is 6.92. The number of fused-ring (bicyclic) bond motifs is 2. The maximum Gasteiger partial charge on any atom is 0.353 e. The summed E-state index contributed by atoms with van der Waals surface area (Å²) in [5, 5.41) is 0.230. The standard InChI is InChI=1S/C9H11Cl2NO3/c1-3-14-5-4-8(2)6(10)12-9(5,11)7(13)15-8/h5H,3-4H2,1-2H3/t5-,8-,9-/m1/s1. The highest BCUT2D eigenvalue weighted by atomic mass is 35.5. The number of aliphatic imine (C=N–C) groups is 1. The quantitative estimate of drug-likeness (QED) is 0.426. The van der Waals surface area contributed by atoms with E-state index >= 15 is 0 Å². The molecule has 3 aliphatic rings. The number of carbonyl (C=O) groups is 1. The molecule has 15 heavy (non-hydrogen) atoms. The van der Waals surface area contributed by atoms with E-state index in [2.05, 4.69) is 4.99 Å². The summed E-state index contributed by atoms with van der Waals surface area (Å²) in [6.45, 7) is 4.01. The van der Waals surface area contributed by atoms with Crippen LogP contribution >= 0.6 is 23.2 Å². The molecule has 1 fully saturated rings.